The first kappa shape index (κ1) is 20.7. The molecular weight excluding hydrogens is 424 g/mol. The van der Waals surface area contributed by atoms with Crippen LogP contribution in [0.5, 0.6) is 0 Å². The zero-order valence-electron chi connectivity index (χ0n) is 13.8. The van der Waals surface area contributed by atoms with E-state index in [4.69, 9.17) is 46.4 Å². The number of alkyl halides is 4. The van der Waals surface area contributed by atoms with Gasteiger partial charge in [-0.3, -0.25) is 4.79 Å². The molecule has 136 valence electrons. The molecule has 1 aromatic carbocycles. The van der Waals surface area contributed by atoms with Crippen LogP contribution in [0, 0.1) is 5.41 Å². The number of rotatable bonds is 4. The summed E-state index contributed by atoms with van der Waals surface area (Å²) in [6, 6.07) is 9.24. The topological polar surface area (TPSA) is 46.1 Å². The number of benzene rings is 1. The summed E-state index contributed by atoms with van der Waals surface area (Å²) in [7, 11) is 0. The van der Waals surface area contributed by atoms with Gasteiger partial charge in [-0.15, -0.1) is 21.8 Å². The number of para-hydroxylation sites is 1. The number of carbonyl (C=O) groups excluding carboxylic acids is 1. The molecule has 0 spiro atoms. The third-order valence-electron chi connectivity index (χ3n) is 3.31. The zero-order chi connectivity index (χ0) is 18.8. The first-order valence-corrected chi connectivity index (χ1v) is 9.79. The number of hydrogen-bond donors (Lipinski definition) is 0. The molecule has 0 aliphatic rings. The molecule has 0 saturated heterocycles. The first-order valence-electron chi connectivity index (χ1n) is 7.40. The lowest BCUT2D eigenvalue weighted by Crippen LogP contribution is -2.42. The van der Waals surface area contributed by atoms with E-state index in [9.17, 15) is 4.79 Å². The van der Waals surface area contributed by atoms with E-state index in [-0.39, 0.29) is 17.5 Å². The van der Waals surface area contributed by atoms with Gasteiger partial charge in [0, 0.05) is 5.69 Å². The fourth-order valence-corrected chi connectivity index (χ4v) is 3.25. The second kappa shape index (κ2) is 7.97. The van der Waals surface area contributed by atoms with Crippen molar-refractivity contribution in [3.05, 3.63) is 40.3 Å². The molecule has 2 aromatic rings. The SMILES string of the molecule is CC(C)(C)C(Cl)C(=O)N(Cc1nnc(C(Cl)(Cl)Cl)s1)c1ccccc1. The summed E-state index contributed by atoms with van der Waals surface area (Å²) in [5, 5.41) is 8.03. The van der Waals surface area contributed by atoms with Gasteiger partial charge in [-0.05, 0) is 17.5 Å². The predicted octanol–water partition coefficient (Wildman–Crippen LogP) is 5.55. The van der Waals surface area contributed by atoms with Gasteiger partial charge in [-0.25, -0.2) is 0 Å². The number of nitrogens with zero attached hydrogens (tertiary/aromatic N) is 3. The second-order valence-electron chi connectivity index (χ2n) is 6.49. The molecule has 0 aliphatic carbocycles. The van der Waals surface area contributed by atoms with Crippen LogP contribution in [0.25, 0.3) is 0 Å². The number of halogens is 4. The summed E-state index contributed by atoms with van der Waals surface area (Å²) < 4.78 is -1.64. The van der Waals surface area contributed by atoms with Gasteiger partial charge in [0.15, 0.2) is 5.01 Å². The van der Waals surface area contributed by atoms with E-state index in [1.807, 2.05) is 51.1 Å². The highest BCUT2D eigenvalue weighted by Gasteiger charge is 2.34. The van der Waals surface area contributed by atoms with E-state index < -0.39 is 14.6 Å². The molecule has 2 rings (SSSR count). The molecule has 0 saturated carbocycles. The Bertz CT molecular complexity index is 725. The molecular formula is C16H17Cl4N3OS. The quantitative estimate of drug-likeness (QED) is 0.585. The number of anilines is 1. The maximum absolute atomic E-state index is 13.0. The van der Waals surface area contributed by atoms with E-state index in [1.54, 1.807) is 4.90 Å². The lowest BCUT2D eigenvalue weighted by atomic mass is 9.91. The van der Waals surface area contributed by atoms with Crippen molar-refractivity contribution in [3.8, 4) is 0 Å². The summed E-state index contributed by atoms with van der Waals surface area (Å²) in [6.45, 7) is 5.94. The van der Waals surface area contributed by atoms with Gasteiger partial charge in [0.1, 0.15) is 10.4 Å². The van der Waals surface area contributed by atoms with Gasteiger partial charge in [0.05, 0.1) is 6.54 Å². The monoisotopic (exact) mass is 439 g/mol. The normalized spacial score (nSPS) is 13.6. The molecule has 1 aromatic heterocycles. The molecule has 1 atom stereocenters. The van der Waals surface area contributed by atoms with Crippen molar-refractivity contribution >= 4 is 69.3 Å². The number of aromatic nitrogens is 2. The average molecular weight is 441 g/mol. The maximum atomic E-state index is 13.0. The third-order valence-corrected chi connectivity index (χ3v) is 6.06. The Morgan fingerprint density at radius 2 is 1.76 bits per heavy atom. The molecule has 25 heavy (non-hydrogen) atoms. The predicted molar refractivity (Wildman–Crippen MR) is 106 cm³/mol. The van der Waals surface area contributed by atoms with Gasteiger partial charge in [0.2, 0.25) is 9.70 Å². The Hall–Kier alpha value is -0.590. The molecule has 9 heteroatoms. The molecule has 1 amide bonds. The van der Waals surface area contributed by atoms with Crippen molar-refractivity contribution in [2.45, 2.75) is 36.5 Å². The zero-order valence-corrected chi connectivity index (χ0v) is 17.7. The molecule has 1 heterocycles. The summed E-state index contributed by atoms with van der Waals surface area (Å²) in [5.74, 6) is -0.217. The minimum absolute atomic E-state index is 0.195. The van der Waals surface area contributed by atoms with Crippen molar-refractivity contribution < 1.29 is 4.79 Å². The second-order valence-corrected chi connectivity index (χ2v) is 10.3. The smallest absolute Gasteiger partial charge is 0.245 e. The van der Waals surface area contributed by atoms with E-state index >= 15 is 0 Å². The van der Waals surface area contributed by atoms with E-state index in [0.717, 1.165) is 11.3 Å². The van der Waals surface area contributed by atoms with Gasteiger partial charge < -0.3 is 4.90 Å². The van der Waals surface area contributed by atoms with Gasteiger partial charge in [-0.2, -0.15) is 0 Å². The van der Waals surface area contributed by atoms with Crippen LogP contribution in [0.4, 0.5) is 5.69 Å². The van der Waals surface area contributed by atoms with Gasteiger partial charge in [-0.1, -0.05) is 85.1 Å². The maximum Gasteiger partial charge on any atom is 0.245 e. The number of carbonyl (C=O) groups is 1. The Balaban J connectivity index is 2.33. The fraction of sp³-hybridized carbons (Fsp3) is 0.438. The Morgan fingerprint density at radius 1 is 1.16 bits per heavy atom. The highest BCUT2D eigenvalue weighted by molar-refractivity contribution is 7.12. The van der Waals surface area contributed by atoms with Crippen molar-refractivity contribution in [2.24, 2.45) is 5.41 Å². The van der Waals surface area contributed by atoms with Crippen LogP contribution in [-0.4, -0.2) is 21.5 Å². The summed E-state index contributed by atoms with van der Waals surface area (Å²) in [4.78, 5) is 14.5. The average Bonchev–Trinajstić information content (AvgIpc) is 3.00. The fourth-order valence-electron chi connectivity index (χ4n) is 1.98. The van der Waals surface area contributed by atoms with Gasteiger partial charge in [0.25, 0.3) is 0 Å². The van der Waals surface area contributed by atoms with Crippen LogP contribution in [0.1, 0.15) is 30.8 Å². The molecule has 0 bridgehead atoms. The summed E-state index contributed by atoms with van der Waals surface area (Å²) in [5.41, 5.74) is 0.322. The first-order chi connectivity index (χ1) is 11.5. The minimum atomic E-state index is -1.64. The molecule has 1 unspecified atom stereocenters. The third kappa shape index (κ3) is 5.44. The lowest BCUT2D eigenvalue weighted by molar-refractivity contribution is -0.120. The van der Waals surface area contributed by atoms with E-state index in [0.29, 0.717) is 10.7 Å². The van der Waals surface area contributed by atoms with Crippen LogP contribution in [-0.2, 0) is 15.1 Å². The van der Waals surface area contributed by atoms with Crippen molar-refractivity contribution in [2.75, 3.05) is 4.90 Å². The standard InChI is InChI=1S/C16H17Cl4N3OS/c1-15(2,3)12(17)13(24)23(10-7-5-4-6-8-10)9-11-21-22-14(25-11)16(18,19)20/h4-8,12H,9H2,1-3H3. The highest BCUT2D eigenvalue weighted by atomic mass is 35.6. The minimum Gasteiger partial charge on any atom is -0.304 e. The molecule has 0 fully saturated rings. The van der Waals surface area contributed by atoms with Crippen molar-refractivity contribution in [1.82, 2.24) is 10.2 Å². The molecule has 4 nitrogen and oxygen atoms in total. The Kier molecular flexibility index (Phi) is 6.60. The van der Waals surface area contributed by atoms with Crippen molar-refractivity contribution in [1.29, 1.82) is 0 Å². The van der Waals surface area contributed by atoms with E-state index in [2.05, 4.69) is 10.2 Å². The Morgan fingerprint density at radius 3 is 2.24 bits per heavy atom. The van der Waals surface area contributed by atoms with E-state index in [1.165, 1.54) is 0 Å². The van der Waals surface area contributed by atoms with Gasteiger partial charge >= 0.3 is 0 Å². The van der Waals surface area contributed by atoms with Crippen LogP contribution < -0.4 is 4.90 Å². The van der Waals surface area contributed by atoms with Crippen molar-refractivity contribution in [3.63, 3.8) is 0 Å². The number of hydrogen-bond acceptors (Lipinski definition) is 4. The van der Waals surface area contributed by atoms with Crippen LogP contribution in [0.2, 0.25) is 0 Å². The van der Waals surface area contributed by atoms with Crippen LogP contribution in [0.3, 0.4) is 0 Å². The molecule has 0 aliphatic heterocycles. The molecule has 0 N–H and O–H groups in total. The number of amides is 1. The highest BCUT2D eigenvalue weighted by Crippen LogP contribution is 2.40. The van der Waals surface area contributed by atoms with Crippen LogP contribution >= 0.6 is 57.7 Å². The largest absolute Gasteiger partial charge is 0.304 e. The lowest BCUT2D eigenvalue weighted by Gasteiger charge is -2.30. The Labute approximate surface area is 171 Å². The van der Waals surface area contributed by atoms with Crippen LogP contribution in [0.15, 0.2) is 30.3 Å². The summed E-state index contributed by atoms with van der Waals surface area (Å²) >= 11 is 25.1. The molecule has 0 radical (unpaired) electrons. The summed E-state index contributed by atoms with van der Waals surface area (Å²) in [6.07, 6.45) is 0.